The lowest BCUT2D eigenvalue weighted by Crippen LogP contribution is -2.60. The Kier molecular flexibility index (Phi) is 4.42. The molecule has 2 amide bonds. The second-order valence-electron chi connectivity index (χ2n) is 8.28. The predicted molar refractivity (Wildman–Crippen MR) is 112 cm³/mol. The van der Waals surface area contributed by atoms with Crippen LogP contribution in [0, 0.1) is 11.8 Å². The topological polar surface area (TPSA) is 55.8 Å². The van der Waals surface area contributed by atoms with Crippen molar-refractivity contribution >= 4 is 11.8 Å². The summed E-state index contributed by atoms with van der Waals surface area (Å²) in [5, 5.41) is 0. The lowest BCUT2D eigenvalue weighted by atomic mass is 9.45. The first-order valence-corrected chi connectivity index (χ1v) is 10.3. The molecule has 0 N–H and O–H groups in total. The molecule has 0 aromatic heterocycles. The fraction of sp³-hybridized carbons (Fsp3) is 0.360. The maximum absolute atomic E-state index is 13.7. The maximum atomic E-state index is 13.7. The number of rotatable bonds is 6. The van der Waals surface area contributed by atoms with E-state index in [4.69, 9.17) is 9.47 Å². The van der Waals surface area contributed by atoms with Crippen molar-refractivity contribution in [2.24, 2.45) is 11.8 Å². The molecular weight excluding hydrogens is 378 g/mol. The zero-order valence-corrected chi connectivity index (χ0v) is 17.2. The van der Waals surface area contributed by atoms with Gasteiger partial charge < -0.3 is 9.47 Å². The Morgan fingerprint density at radius 2 is 1.63 bits per heavy atom. The van der Waals surface area contributed by atoms with E-state index in [-0.39, 0.29) is 24.3 Å². The number of amides is 2. The van der Waals surface area contributed by atoms with Crippen LogP contribution in [0.15, 0.2) is 61.2 Å². The fourth-order valence-corrected chi connectivity index (χ4v) is 6.28. The number of carbonyl (C=O) groups excluding carboxylic acids is 2. The van der Waals surface area contributed by atoms with Crippen molar-refractivity contribution < 1.29 is 19.1 Å². The van der Waals surface area contributed by atoms with Crippen molar-refractivity contribution in [3.63, 3.8) is 0 Å². The summed E-state index contributed by atoms with van der Waals surface area (Å²) >= 11 is 0. The number of carbonyl (C=O) groups is 2. The van der Waals surface area contributed by atoms with Crippen LogP contribution in [-0.2, 0) is 24.5 Å². The van der Waals surface area contributed by atoms with Crippen molar-refractivity contribution in [2.75, 3.05) is 27.4 Å². The van der Waals surface area contributed by atoms with E-state index < -0.39 is 23.4 Å². The van der Waals surface area contributed by atoms with Crippen LogP contribution in [0.4, 0.5) is 0 Å². The molecule has 1 saturated heterocycles. The van der Waals surface area contributed by atoms with E-state index in [2.05, 4.69) is 30.8 Å². The number of hydrogen-bond donors (Lipinski definition) is 0. The highest BCUT2D eigenvalue weighted by atomic mass is 16.5. The first-order valence-electron chi connectivity index (χ1n) is 10.3. The number of nitrogens with zero attached hydrogens (tertiary/aromatic N) is 1. The molecule has 2 aromatic rings. The molecule has 5 nitrogen and oxygen atoms in total. The number of imide groups is 1. The number of ether oxygens (including phenoxy) is 2. The minimum atomic E-state index is -0.792. The second-order valence-corrected chi connectivity index (χ2v) is 8.28. The van der Waals surface area contributed by atoms with Crippen molar-refractivity contribution in [3.8, 4) is 0 Å². The predicted octanol–water partition coefficient (Wildman–Crippen LogP) is 2.88. The van der Waals surface area contributed by atoms with Gasteiger partial charge in [0, 0.05) is 26.7 Å². The average Bonchev–Trinajstić information content (AvgIpc) is 3.03. The fourth-order valence-electron chi connectivity index (χ4n) is 6.28. The van der Waals surface area contributed by atoms with Crippen molar-refractivity contribution in [3.05, 3.63) is 83.4 Å². The number of benzene rings is 2. The smallest absolute Gasteiger partial charge is 0.234 e. The maximum Gasteiger partial charge on any atom is 0.234 e. The van der Waals surface area contributed by atoms with Crippen LogP contribution in [0.2, 0.25) is 0 Å². The number of methoxy groups -OCH3 is 2. The van der Waals surface area contributed by atoms with Crippen LogP contribution in [0.5, 0.6) is 0 Å². The zero-order chi connectivity index (χ0) is 21.0. The Bertz CT molecular complexity index is 997. The molecule has 5 heteroatoms. The molecule has 2 aromatic carbocycles. The Morgan fingerprint density at radius 3 is 2.17 bits per heavy atom. The summed E-state index contributed by atoms with van der Waals surface area (Å²) in [4.78, 5) is 28.7. The Morgan fingerprint density at radius 1 is 1.03 bits per heavy atom. The third-order valence-corrected chi connectivity index (χ3v) is 7.20. The van der Waals surface area contributed by atoms with Crippen molar-refractivity contribution in [2.45, 2.75) is 17.4 Å². The van der Waals surface area contributed by atoms with Crippen molar-refractivity contribution in [1.82, 2.24) is 4.90 Å². The van der Waals surface area contributed by atoms with Gasteiger partial charge in [-0.15, -0.1) is 6.58 Å². The van der Waals surface area contributed by atoms with E-state index in [0.29, 0.717) is 6.61 Å². The van der Waals surface area contributed by atoms with Gasteiger partial charge in [-0.2, -0.15) is 0 Å². The van der Waals surface area contributed by atoms with Crippen LogP contribution in [0.25, 0.3) is 0 Å². The van der Waals surface area contributed by atoms with E-state index in [0.717, 1.165) is 22.3 Å². The first kappa shape index (κ1) is 19.2. The van der Waals surface area contributed by atoms with E-state index >= 15 is 0 Å². The van der Waals surface area contributed by atoms with Gasteiger partial charge in [0.1, 0.15) is 0 Å². The summed E-state index contributed by atoms with van der Waals surface area (Å²) in [6, 6.07) is 16.4. The third-order valence-electron chi connectivity index (χ3n) is 7.20. The molecule has 0 unspecified atom stereocenters. The van der Waals surface area contributed by atoms with Crippen LogP contribution in [0.3, 0.4) is 0 Å². The molecule has 0 spiro atoms. The molecule has 0 radical (unpaired) electrons. The van der Waals surface area contributed by atoms with Gasteiger partial charge in [0.2, 0.25) is 11.8 Å². The Hall–Kier alpha value is -2.76. The normalized spacial score (nSPS) is 29.4. The van der Waals surface area contributed by atoms with E-state index in [1.54, 1.807) is 20.3 Å². The molecule has 2 bridgehead atoms. The van der Waals surface area contributed by atoms with Crippen LogP contribution in [-0.4, -0.2) is 50.2 Å². The van der Waals surface area contributed by atoms with Crippen molar-refractivity contribution in [1.29, 1.82) is 0 Å². The van der Waals surface area contributed by atoms with Gasteiger partial charge in [-0.05, 0) is 22.3 Å². The highest BCUT2D eigenvalue weighted by molar-refractivity contribution is 6.08. The standard InChI is InChI=1S/C25H25NO4/c1-4-13-26-23(27)21-20-15-9-5-7-11-17(15)25(22(21)24(26)28,19(30-3)14-29-2)18-12-8-6-10-16(18)20/h4-12,19-22H,1,13-14H2,2-3H3/t19-,20?,21+,22-,25?/m1/s1. The highest BCUT2D eigenvalue weighted by Gasteiger charge is 2.70. The molecule has 3 aliphatic carbocycles. The number of hydrogen-bond acceptors (Lipinski definition) is 4. The number of likely N-dealkylation sites (tertiary alicyclic amines) is 1. The summed E-state index contributed by atoms with van der Waals surface area (Å²) in [6.07, 6.45) is 1.20. The van der Waals surface area contributed by atoms with Gasteiger partial charge in [-0.25, -0.2) is 0 Å². The summed E-state index contributed by atoms with van der Waals surface area (Å²) in [7, 11) is 3.29. The Balaban J connectivity index is 1.88. The molecule has 1 heterocycles. The quantitative estimate of drug-likeness (QED) is 0.550. The van der Waals surface area contributed by atoms with Gasteiger partial charge in [0.05, 0.1) is 30.0 Å². The lowest BCUT2D eigenvalue weighted by Gasteiger charge is -2.56. The summed E-state index contributed by atoms with van der Waals surface area (Å²) in [6.45, 7) is 4.29. The zero-order valence-electron chi connectivity index (χ0n) is 17.2. The van der Waals surface area contributed by atoms with Gasteiger partial charge >= 0.3 is 0 Å². The minimum absolute atomic E-state index is 0.115. The van der Waals surface area contributed by atoms with Gasteiger partial charge in [0.25, 0.3) is 0 Å². The largest absolute Gasteiger partial charge is 0.382 e. The van der Waals surface area contributed by atoms with E-state index in [9.17, 15) is 9.59 Å². The first-order chi connectivity index (χ1) is 14.6. The minimum Gasteiger partial charge on any atom is -0.382 e. The summed E-state index contributed by atoms with van der Waals surface area (Å²) in [5.74, 6) is -1.38. The second kappa shape index (κ2) is 6.89. The lowest BCUT2D eigenvalue weighted by molar-refractivity contribution is -0.140. The molecule has 1 aliphatic heterocycles. The molecule has 1 fully saturated rings. The summed E-state index contributed by atoms with van der Waals surface area (Å²) in [5.41, 5.74) is 3.57. The molecule has 6 rings (SSSR count). The van der Waals surface area contributed by atoms with E-state index in [1.807, 2.05) is 24.3 Å². The third kappa shape index (κ3) is 2.14. The SMILES string of the molecule is C=CCN1C(=O)[C@H]2C3c4ccccc4C([C@@H](COC)OC)(c4ccccc43)[C@H]2C1=O. The molecular formula is C25H25NO4. The average molecular weight is 403 g/mol. The molecule has 30 heavy (non-hydrogen) atoms. The van der Waals surface area contributed by atoms with E-state index in [1.165, 1.54) is 4.90 Å². The highest BCUT2D eigenvalue weighted by Crippen LogP contribution is 2.65. The molecule has 154 valence electrons. The molecule has 3 atom stereocenters. The van der Waals surface area contributed by atoms with Gasteiger partial charge in [-0.1, -0.05) is 54.6 Å². The van der Waals surface area contributed by atoms with Gasteiger partial charge in [-0.3, -0.25) is 14.5 Å². The Labute approximate surface area is 176 Å². The molecule has 0 saturated carbocycles. The van der Waals surface area contributed by atoms with Crippen LogP contribution in [0.1, 0.15) is 28.2 Å². The monoisotopic (exact) mass is 403 g/mol. The van der Waals surface area contributed by atoms with Crippen LogP contribution >= 0.6 is 0 Å². The van der Waals surface area contributed by atoms with Gasteiger partial charge in [0.15, 0.2) is 0 Å². The van der Waals surface area contributed by atoms with Crippen LogP contribution < -0.4 is 0 Å². The summed E-state index contributed by atoms with van der Waals surface area (Å²) < 4.78 is 11.6. The molecule has 4 aliphatic rings.